The molecule has 2 rings (SSSR count). The molecule has 1 heterocycles. The Morgan fingerprint density at radius 2 is 1.12 bits per heavy atom. The zero-order valence-electron chi connectivity index (χ0n) is 10.1. The predicted molar refractivity (Wildman–Crippen MR) is 69.7 cm³/mol. The SMILES string of the molecule is C=C[C@@H]1C[C@H](C=C)[C@@H]2O[C@@H](C=C)[C@@H](C=C)O[C@@H]21. The average molecular weight is 232 g/mol. The van der Waals surface area contributed by atoms with Gasteiger partial charge in [0.15, 0.2) is 0 Å². The van der Waals surface area contributed by atoms with Crippen LogP contribution in [0.2, 0.25) is 0 Å². The van der Waals surface area contributed by atoms with Crippen molar-refractivity contribution in [1.29, 1.82) is 0 Å². The smallest absolute Gasteiger partial charge is 0.106 e. The molecule has 0 radical (unpaired) electrons. The number of hydrogen-bond donors (Lipinski definition) is 0. The van der Waals surface area contributed by atoms with Crippen LogP contribution in [0.1, 0.15) is 6.42 Å². The van der Waals surface area contributed by atoms with E-state index in [0.717, 1.165) is 6.42 Å². The molecule has 0 aromatic carbocycles. The van der Waals surface area contributed by atoms with E-state index in [1.807, 2.05) is 12.2 Å². The molecular weight excluding hydrogens is 212 g/mol. The average Bonchev–Trinajstić information content (AvgIpc) is 2.73. The van der Waals surface area contributed by atoms with Crippen LogP contribution in [0.3, 0.4) is 0 Å². The van der Waals surface area contributed by atoms with Crippen LogP contribution in [0, 0.1) is 11.8 Å². The van der Waals surface area contributed by atoms with E-state index in [1.165, 1.54) is 0 Å². The van der Waals surface area contributed by atoms with Gasteiger partial charge in [0, 0.05) is 11.8 Å². The number of ether oxygens (including phenoxy) is 2. The minimum atomic E-state index is -0.111. The Labute approximate surface area is 103 Å². The Hall–Kier alpha value is -1.12. The van der Waals surface area contributed by atoms with Crippen molar-refractivity contribution in [3.63, 3.8) is 0 Å². The van der Waals surface area contributed by atoms with E-state index in [9.17, 15) is 0 Å². The summed E-state index contributed by atoms with van der Waals surface area (Å²) in [5.74, 6) is 0.660. The van der Waals surface area contributed by atoms with Gasteiger partial charge in [0.2, 0.25) is 0 Å². The standard InChI is InChI=1S/C15H20O2/c1-5-10-9-11(6-2)15-14(10)16-12(7-3)13(8-4)17-15/h5-8,10-15H,1-4,9H2/t10-,11+,12-,13+,14-,15+. The molecule has 1 aliphatic heterocycles. The Bertz CT molecular complexity index is 302. The highest BCUT2D eigenvalue weighted by Gasteiger charge is 2.48. The zero-order chi connectivity index (χ0) is 12.4. The van der Waals surface area contributed by atoms with Crippen LogP contribution in [-0.2, 0) is 9.47 Å². The summed E-state index contributed by atoms with van der Waals surface area (Å²) in [7, 11) is 0. The van der Waals surface area contributed by atoms with E-state index in [0.29, 0.717) is 11.8 Å². The van der Waals surface area contributed by atoms with E-state index in [-0.39, 0.29) is 24.4 Å². The minimum Gasteiger partial charge on any atom is -0.365 e. The summed E-state index contributed by atoms with van der Waals surface area (Å²) in [6.07, 6.45) is 8.38. The lowest BCUT2D eigenvalue weighted by Crippen LogP contribution is -2.48. The maximum Gasteiger partial charge on any atom is 0.106 e. The topological polar surface area (TPSA) is 18.5 Å². The van der Waals surface area contributed by atoms with Crippen molar-refractivity contribution >= 4 is 0 Å². The Balaban J connectivity index is 2.21. The first-order valence-corrected chi connectivity index (χ1v) is 6.06. The van der Waals surface area contributed by atoms with Gasteiger partial charge in [-0.05, 0) is 6.42 Å². The van der Waals surface area contributed by atoms with E-state index in [4.69, 9.17) is 9.47 Å². The molecule has 17 heavy (non-hydrogen) atoms. The van der Waals surface area contributed by atoms with Crippen molar-refractivity contribution in [2.75, 3.05) is 0 Å². The van der Waals surface area contributed by atoms with Gasteiger partial charge in [-0.25, -0.2) is 0 Å². The third-order valence-corrected chi connectivity index (χ3v) is 3.73. The largest absolute Gasteiger partial charge is 0.365 e. The molecular formula is C15H20O2. The van der Waals surface area contributed by atoms with Crippen LogP contribution >= 0.6 is 0 Å². The van der Waals surface area contributed by atoms with E-state index < -0.39 is 0 Å². The Morgan fingerprint density at radius 3 is 1.41 bits per heavy atom. The van der Waals surface area contributed by atoms with Gasteiger partial charge in [0.1, 0.15) is 12.2 Å². The maximum atomic E-state index is 6.07. The lowest BCUT2D eigenvalue weighted by atomic mass is 10.0. The van der Waals surface area contributed by atoms with Gasteiger partial charge in [0.25, 0.3) is 0 Å². The molecule has 1 saturated heterocycles. The number of hydrogen-bond acceptors (Lipinski definition) is 2. The van der Waals surface area contributed by atoms with Crippen LogP contribution in [0.15, 0.2) is 50.6 Å². The highest BCUT2D eigenvalue weighted by Crippen LogP contribution is 2.41. The fourth-order valence-electron chi connectivity index (χ4n) is 2.78. The first-order chi connectivity index (χ1) is 8.24. The van der Waals surface area contributed by atoms with E-state index in [2.05, 4.69) is 26.3 Å². The Morgan fingerprint density at radius 1 is 0.706 bits per heavy atom. The molecule has 2 aliphatic rings. The quantitative estimate of drug-likeness (QED) is 0.694. The van der Waals surface area contributed by atoms with Crippen molar-refractivity contribution in [3.8, 4) is 0 Å². The molecule has 0 bridgehead atoms. The van der Waals surface area contributed by atoms with Crippen molar-refractivity contribution < 1.29 is 9.47 Å². The molecule has 6 atom stereocenters. The Kier molecular flexibility index (Phi) is 3.65. The second-order valence-corrected chi connectivity index (χ2v) is 4.64. The van der Waals surface area contributed by atoms with E-state index in [1.54, 1.807) is 12.2 Å². The molecule has 0 aromatic rings. The van der Waals surface area contributed by atoms with Crippen LogP contribution in [0.5, 0.6) is 0 Å². The van der Waals surface area contributed by atoms with Gasteiger partial charge in [-0.15, -0.1) is 26.3 Å². The zero-order valence-corrected chi connectivity index (χ0v) is 10.1. The molecule has 92 valence electrons. The molecule has 0 unspecified atom stereocenters. The summed E-state index contributed by atoms with van der Waals surface area (Å²) in [6.45, 7) is 15.3. The van der Waals surface area contributed by atoms with Crippen LogP contribution in [-0.4, -0.2) is 24.4 Å². The fraction of sp³-hybridized carbons (Fsp3) is 0.467. The van der Waals surface area contributed by atoms with Gasteiger partial charge in [-0.3, -0.25) is 0 Å². The predicted octanol–water partition coefficient (Wildman–Crippen LogP) is 2.89. The molecule has 2 heteroatoms. The van der Waals surface area contributed by atoms with Crippen molar-refractivity contribution in [1.82, 2.24) is 0 Å². The summed E-state index contributed by atoms with van der Waals surface area (Å²) in [4.78, 5) is 0. The molecule has 0 aromatic heterocycles. The normalized spacial score (nSPS) is 44.7. The lowest BCUT2D eigenvalue weighted by Gasteiger charge is -2.39. The third-order valence-electron chi connectivity index (χ3n) is 3.73. The van der Waals surface area contributed by atoms with Gasteiger partial charge in [-0.1, -0.05) is 24.3 Å². The monoisotopic (exact) mass is 232 g/mol. The van der Waals surface area contributed by atoms with E-state index >= 15 is 0 Å². The van der Waals surface area contributed by atoms with Gasteiger partial charge in [-0.2, -0.15) is 0 Å². The molecule has 0 N–H and O–H groups in total. The van der Waals surface area contributed by atoms with Gasteiger partial charge >= 0.3 is 0 Å². The van der Waals surface area contributed by atoms with Crippen molar-refractivity contribution in [2.45, 2.75) is 30.8 Å². The summed E-state index contributed by atoms with van der Waals surface area (Å²) in [5.41, 5.74) is 0. The lowest BCUT2D eigenvalue weighted by molar-refractivity contribution is -0.191. The second kappa shape index (κ2) is 5.03. The third kappa shape index (κ3) is 2.03. The first-order valence-electron chi connectivity index (χ1n) is 6.06. The molecule has 2 fully saturated rings. The van der Waals surface area contributed by atoms with Crippen LogP contribution in [0.4, 0.5) is 0 Å². The fourth-order valence-corrected chi connectivity index (χ4v) is 2.78. The van der Waals surface area contributed by atoms with Gasteiger partial charge < -0.3 is 9.47 Å². The summed E-state index contributed by atoms with van der Waals surface area (Å²) in [6, 6.07) is 0. The molecule has 0 spiro atoms. The maximum absolute atomic E-state index is 6.07. The molecule has 2 nitrogen and oxygen atoms in total. The highest BCUT2D eigenvalue weighted by atomic mass is 16.6. The summed E-state index contributed by atoms with van der Waals surface area (Å²) >= 11 is 0. The first kappa shape index (κ1) is 12.3. The van der Waals surface area contributed by atoms with Gasteiger partial charge in [0.05, 0.1) is 12.2 Å². The highest BCUT2D eigenvalue weighted by molar-refractivity contribution is 5.10. The van der Waals surface area contributed by atoms with Crippen molar-refractivity contribution in [2.24, 2.45) is 11.8 Å². The number of fused-ring (bicyclic) bond motifs is 1. The summed E-state index contributed by atoms with van der Waals surface area (Å²) in [5, 5.41) is 0. The second-order valence-electron chi connectivity index (χ2n) is 4.64. The van der Waals surface area contributed by atoms with Crippen LogP contribution in [0.25, 0.3) is 0 Å². The number of rotatable bonds is 4. The molecule has 1 aliphatic carbocycles. The van der Waals surface area contributed by atoms with Crippen LogP contribution < -0.4 is 0 Å². The minimum absolute atomic E-state index is 0.0645. The summed E-state index contributed by atoms with van der Waals surface area (Å²) < 4.78 is 12.1. The van der Waals surface area contributed by atoms with Crippen molar-refractivity contribution in [3.05, 3.63) is 50.6 Å². The molecule has 1 saturated carbocycles. The molecule has 0 amide bonds.